The summed E-state index contributed by atoms with van der Waals surface area (Å²) in [5.74, 6) is 0.484. The highest BCUT2D eigenvalue weighted by Crippen LogP contribution is 2.19. The largest absolute Gasteiger partial charge is 0.444 e. The maximum absolute atomic E-state index is 11.9. The zero-order chi connectivity index (χ0) is 25.5. The first-order chi connectivity index (χ1) is 17.3. The first kappa shape index (κ1) is 25.3. The highest BCUT2D eigenvalue weighted by molar-refractivity contribution is 5.83. The van der Waals surface area contributed by atoms with Gasteiger partial charge in [-0.05, 0) is 45.0 Å². The van der Waals surface area contributed by atoms with Crippen LogP contribution in [0, 0.1) is 5.92 Å². The number of fused-ring (bicyclic) bond motifs is 2. The topological polar surface area (TPSA) is 84.4 Å². The van der Waals surface area contributed by atoms with Crippen molar-refractivity contribution in [1.29, 1.82) is 0 Å². The summed E-state index contributed by atoms with van der Waals surface area (Å²) < 4.78 is 5.36. The Kier molecular flexibility index (Phi) is 7.90. The van der Waals surface area contributed by atoms with Crippen LogP contribution in [-0.2, 0) is 11.3 Å². The second-order valence-electron chi connectivity index (χ2n) is 9.92. The van der Waals surface area contributed by atoms with Crippen molar-refractivity contribution in [2.24, 2.45) is 5.92 Å². The number of carbonyl (C=O) groups excluding carboxylic acids is 2. The van der Waals surface area contributed by atoms with Crippen molar-refractivity contribution in [2.45, 2.75) is 32.9 Å². The molecule has 7 heteroatoms. The Labute approximate surface area is 211 Å². The van der Waals surface area contributed by atoms with Crippen LogP contribution in [0.3, 0.4) is 0 Å². The van der Waals surface area contributed by atoms with E-state index in [4.69, 9.17) is 4.74 Å². The van der Waals surface area contributed by atoms with Crippen molar-refractivity contribution < 1.29 is 14.3 Å². The van der Waals surface area contributed by atoms with E-state index in [1.807, 2.05) is 69.3 Å². The molecule has 0 unspecified atom stereocenters. The minimum Gasteiger partial charge on any atom is -0.444 e. The molecule has 3 heterocycles. The molecule has 1 saturated heterocycles. The zero-order valence-corrected chi connectivity index (χ0v) is 21.0. The van der Waals surface area contributed by atoms with Crippen molar-refractivity contribution in [2.75, 3.05) is 19.6 Å². The minimum atomic E-state index is -0.428. The summed E-state index contributed by atoms with van der Waals surface area (Å²) in [6, 6.07) is 23.6. The van der Waals surface area contributed by atoms with Crippen LogP contribution in [0.25, 0.3) is 21.8 Å². The summed E-state index contributed by atoms with van der Waals surface area (Å²) in [7, 11) is 0. The van der Waals surface area contributed by atoms with Crippen LogP contribution in [0.2, 0.25) is 0 Å². The lowest BCUT2D eigenvalue weighted by molar-refractivity contribution is -0.000816. The second kappa shape index (κ2) is 11.3. The summed E-state index contributed by atoms with van der Waals surface area (Å²) in [5.41, 5.74) is 2.98. The molecule has 7 nitrogen and oxygen atoms in total. The van der Waals surface area contributed by atoms with E-state index in [1.54, 1.807) is 11.0 Å². The molecule has 0 spiro atoms. The third-order valence-electron chi connectivity index (χ3n) is 5.74. The Hall–Kier alpha value is -3.84. The molecular formula is C29H32N4O3. The number of benzene rings is 2. The molecule has 2 aromatic carbocycles. The van der Waals surface area contributed by atoms with E-state index in [1.165, 1.54) is 0 Å². The summed E-state index contributed by atoms with van der Waals surface area (Å²) in [4.78, 5) is 32.8. The van der Waals surface area contributed by atoms with E-state index >= 15 is 0 Å². The predicted molar refractivity (Wildman–Crippen MR) is 142 cm³/mol. The third kappa shape index (κ3) is 6.86. The van der Waals surface area contributed by atoms with Gasteiger partial charge in [0.2, 0.25) is 0 Å². The number of para-hydroxylation sites is 2. The zero-order valence-electron chi connectivity index (χ0n) is 21.0. The molecule has 1 aliphatic rings. The number of nitrogens with zero attached hydrogens (tertiary/aromatic N) is 3. The summed E-state index contributed by atoms with van der Waals surface area (Å²) in [5, 5.41) is 5.65. The maximum Gasteiger partial charge on any atom is 0.410 e. The average molecular weight is 485 g/mol. The van der Waals surface area contributed by atoms with Gasteiger partial charge in [0.25, 0.3) is 0 Å². The number of amides is 1. The van der Waals surface area contributed by atoms with Gasteiger partial charge in [0, 0.05) is 42.9 Å². The van der Waals surface area contributed by atoms with Gasteiger partial charge in [0.05, 0.1) is 16.7 Å². The predicted octanol–water partition coefficient (Wildman–Crippen LogP) is 5.24. The van der Waals surface area contributed by atoms with Crippen molar-refractivity contribution in [1.82, 2.24) is 20.2 Å². The standard InChI is InChI=1S/C19H25N3O2.C10H7NO/c1-19(2,3)24-18(23)22-12-14(13-22)10-20-11-16-9-8-15-6-4-5-7-17(15)21-16;12-7-9-6-5-8-3-1-2-4-10(8)11-9/h4-9,14,20H,10-13H2,1-3H3;1-7H. The number of carbonyl (C=O) groups is 2. The molecular weight excluding hydrogens is 452 g/mol. The maximum atomic E-state index is 11.9. The van der Waals surface area contributed by atoms with Crippen LogP contribution in [0.1, 0.15) is 37.0 Å². The van der Waals surface area contributed by atoms with E-state index in [9.17, 15) is 9.59 Å². The number of aldehydes is 1. The fraction of sp³-hybridized carbons (Fsp3) is 0.310. The normalized spacial score (nSPS) is 13.6. The Bertz CT molecular complexity index is 1340. The Morgan fingerprint density at radius 1 is 0.944 bits per heavy atom. The van der Waals surface area contributed by atoms with Crippen molar-refractivity contribution in [3.05, 3.63) is 84.2 Å². The number of aromatic nitrogens is 2. The van der Waals surface area contributed by atoms with Gasteiger partial charge in [-0.1, -0.05) is 48.5 Å². The summed E-state index contributed by atoms with van der Waals surface area (Å²) >= 11 is 0. The number of nitrogens with one attached hydrogen (secondary N) is 1. The smallest absolute Gasteiger partial charge is 0.410 e. The van der Waals surface area contributed by atoms with Crippen molar-refractivity contribution in [3.8, 4) is 0 Å². The molecule has 0 radical (unpaired) electrons. The van der Waals surface area contributed by atoms with Gasteiger partial charge < -0.3 is 15.0 Å². The highest BCUT2D eigenvalue weighted by atomic mass is 16.6. The van der Waals surface area contributed by atoms with E-state index < -0.39 is 5.60 Å². The number of hydrogen-bond donors (Lipinski definition) is 1. The Balaban J connectivity index is 0.000000211. The SMILES string of the molecule is CC(C)(C)OC(=O)N1CC(CNCc2ccc3ccccc3n2)C1.O=Cc1ccc2ccccc2n1. The monoisotopic (exact) mass is 484 g/mol. The molecule has 2 aromatic heterocycles. The molecule has 1 aliphatic heterocycles. The van der Waals surface area contributed by atoms with Crippen LogP contribution < -0.4 is 5.32 Å². The number of hydrogen-bond acceptors (Lipinski definition) is 6. The average Bonchev–Trinajstić information content (AvgIpc) is 2.84. The molecule has 0 bridgehead atoms. The van der Waals surface area contributed by atoms with Gasteiger partial charge in [-0.15, -0.1) is 0 Å². The number of pyridine rings is 2. The van der Waals surface area contributed by atoms with E-state index in [0.717, 1.165) is 60.0 Å². The second-order valence-corrected chi connectivity index (χ2v) is 9.92. The van der Waals surface area contributed by atoms with Gasteiger partial charge in [-0.25, -0.2) is 9.78 Å². The Morgan fingerprint density at radius 2 is 1.56 bits per heavy atom. The number of ether oxygens (including phenoxy) is 1. The van der Waals surface area contributed by atoms with Gasteiger partial charge in [-0.3, -0.25) is 9.78 Å². The summed E-state index contributed by atoms with van der Waals surface area (Å²) in [6.45, 7) is 8.81. The fourth-order valence-electron chi connectivity index (χ4n) is 3.93. The Morgan fingerprint density at radius 3 is 2.19 bits per heavy atom. The van der Waals surface area contributed by atoms with E-state index in [2.05, 4.69) is 33.5 Å². The summed E-state index contributed by atoms with van der Waals surface area (Å²) in [6.07, 6.45) is 0.543. The molecule has 1 amide bonds. The lowest BCUT2D eigenvalue weighted by atomic mass is 10.0. The van der Waals surface area contributed by atoms with Crippen LogP contribution >= 0.6 is 0 Å². The lowest BCUT2D eigenvalue weighted by Gasteiger charge is -2.39. The molecule has 0 saturated carbocycles. The highest BCUT2D eigenvalue weighted by Gasteiger charge is 2.33. The lowest BCUT2D eigenvalue weighted by Crippen LogP contribution is -2.54. The van der Waals surface area contributed by atoms with Gasteiger partial charge in [0.15, 0.2) is 6.29 Å². The number of rotatable bonds is 5. The third-order valence-corrected chi connectivity index (χ3v) is 5.74. The van der Waals surface area contributed by atoms with Crippen LogP contribution in [0.5, 0.6) is 0 Å². The fourth-order valence-corrected chi connectivity index (χ4v) is 3.93. The molecule has 0 atom stereocenters. The molecule has 4 aromatic rings. The van der Waals surface area contributed by atoms with Gasteiger partial charge >= 0.3 is 6.09 Å². The van der Waals surface area contributed by atoms with Crippen LogP contribution in [0.15, 0.2) is 72.8 Å². The molecule has 1 N–H and O–H groups in total. The molecule has 1 fully saturated rings. The molecule has 36 heavy (non-hydrogen) atoms. The molecule has 186 valence electrons. The van der Waals surface area contributed by atoms with Gasteiger partial charge in [0.1, 0.15) is 11.3 Å². The van der Waals surface area contributed by atoms with Crippen molar-refractivity contribution in [3.63, 3.8) is 0 Å². The van der Waals surface area contributed by atoms with E-state index in [-0.39, 0.29) is 6.09 Å². The van der Waals surface area contributed by atoms with Crippen molar-refractivity contribution >= 4 is 34.2 Å². The molecule has 0 aliphatic carbocycles. The molecule has 5 rings (SSSR count). The minimum absolute atomic E-state index is 0.213. The van der Waals surface area contributed by atoms with Crippen LogP contribution in [0.4, 0.5) is 4.79 Å². The first-order valence-corrected chi connectivity index (χ1v) is 12.1. The van der Waals surface area contributed by atoms with E-state index in [0.29, 0.717) is 11.6 Å². The quantitative estimate of drug-likeness (QED) is 0.390. The number of likely N-dealkylation sites (tertiary alicyclic amines) is 1. The van der Waals surface area contributed by atoms with Gasteiger partial charge in [-0.2, -0.15) is 0 Å². The first-order valence-electron chi connectivity index (χ1n) is 12.1. The van der Waals surface area contributed by atoms with Crippen LogP contribution in [-0.4, -0.2) is 52.5 Å².